The number of ether oxygens (including phenoxy) is 1. The van der Waals surface area contributed by atoms with Crippen molar-refractivity contribution in [1.29, 1.82) is 5.26 Å². The highest BCUT2D eigenvalue weighted by Gasteiger charge is 2.02. The first-order valence-electron chi connectivity index (χ1n) is 7.45. The average Bonchev–Trinajstić information content (AvgIpc) is 2.60. The summed E-state index contributed by atoms with van der Waals surface area (Å²) in [7, 11) is 0. The average molecular weight is 324 g/mol. The Kier molecular flexibility index (Phi) is 6.54. The minimum Gasteiger partial charge on any atom is -0.445 e. The van der Waals surface area contributed by atoms with E-state index in [9.17, 15) is 9.18 Å². The van der Waals surface area contributed by atoms with Crippen molar-refractivity contribution in [2.45, 2.75) is 13.0 Å². The second-order valence-corrected chi connectivity index (χ2v) is 5.03. The summed E-state index contributed by atoms with van der Waals surface area (Å²) in [5.41, 5.74) is 1.95. The van der Waals surface area contributed by atoms with E-state index in [2.05, 4.69) is 5.32 Å². The maximum atomic E-state index is 13.7. The number of carbonyl (C=O) groups is 1. The van der Waals surface area contributed by atoms with Crippen LogP contribution in [0.2, 0.25) is 0 Å². The number of nitriles is 1. The predicted molar refractivity (Wildman–Crippen MR) is 89.4 cm³/mol. The van der Waals surface area contributed by atoms with Gasteiger partial charge in [-0.25, -0.2) is 9.18 Å². The molecule has 4 nitrogen and oxygen atoms in total. The number of halogens is 1. The van der Waals surface area contributed by atoms with Crippen LogP contribution in [-0.2, 0) is 17.8 Å². The molecule has 24 heavy (non-hydrogen) atoms. The Morgan fingerprint density at radius 3 is 2.75 bits per heavy atom. The van der Waals surface area contributed by atoms with E-state index in [1.54, 1.807) is 24.3 Å². The molecular formula is C19H17FN2O2. The van der Waals surface area contributed by atoms with Crippen molar-refractivity contribution in [3.63, 3.8) is 0 Å². The molecule has 5 heteroatoms. The van der Waals surface area contributed by atoms with Gasteiger partial charge in [0, 0.05) is 12.1 Å². The second kappa shape index (κ2) is 9.11. The summed E-state index contributed by atoms with van der Waals surface area (Å²) in [6.07, 6.45) is 2.92. The zero-order valence-corrected chi connectivity index (χ0v) is 13.0. The highest BCUT2D eigenvalue weighted by Crippen LogP contribution is 2.12. The third kappa shape index (κ3) is 5.58. The molecule has 0 saturated heterocycles. The van der Waals surface area contributed by atoms with Crippen molar-refractivity contribution in [2.75, 3.05) is 6.54 Å². The summed E-state index contributed by atoms with van der Waals surface area (Å²) in [6.45, 7) is 0.483. The number of nitrogens with zero attached hydrogens (tertiary/aromatic N) is 1. The fraction of sp³-hybridized carbons (Fsp3) is 0.158. The van der Waals surface area contributed by atoms with Gasteiger partial charge in [0.25, 0.3) is 0 Å². The van der Waals surface area contributed by atoms with Gasteiger partial charge in [-0.1, -0.05) is 54.6 Å². The molecule has 0 bridgehead atoms. The third-order valence-electron chi connectivity index (χ3n) is 3.23. The van der Waals surface area contributed by atoms with Gasteiger partial charge in [0.2, 0.25) is 0 Å². The largest absolute Gasteiger partial charge is 0.445 e. The van der Waals surface area contributed by atoms with Crippen molar-refractivity contribution in [1.82, 2.24) is 5.32 Å². The molecular weight excluding hydrogens is 307 g/mol. The molecule has 1 N–H and O–H groups in total. The fourth-order valence-corrected chi connectivity index (χ4v) is 2.01. The Morgan fingerprint density at radius 1 is 1.25 bits per heavy atom. The molecule has 2 aromatic carbocycles. The van der Waals surface area contributed by atoms with Crippen LogP contribution in [-0.4, -0.2) is 12.6 Å². The van der Waals surface area contributed by atoms with Gasteiger partial charge >= 0.3 is 6.09 Å². The van der Waals surface area contributed by atoms with Crippen molar-refractivity contribution in [3.05, 3.63) is 77.1 Å². The van der Waals surface area contributed by atoms with E-state index in [-0.39, 0.29) is 19.6 Å². The first-order chi connectivity index (χ1) is 11.7. The zero-order valence-electron chi connectivity index (χ0n) is 13.0. The Morgan fingerprint density at radius 2 is 2.04 bits per heavy atom. The molecule has 0 unspecified atom stereocenters. The van der Waals surface area contributed by atoms with Crippen LogP contribution in [0.15, 0.2) is 54.6 Å². The molecule has 0 aromatic heterocycles. The number of alkyl carbamates (subject to hydrolysis) is 1. The molecule has 2 aromatic rings. The summed E-state index contributed by atoms with van der Waals surface area (Å²) in [4.78, 5) is 11.5. The number of amides is 1. The van der Waals surface area contributed by atoms with E-state index in [1.165, 1.54) is 6.07 Å². The molecule has 0 aliphatic carbocycles. The van der Waals surface area contributed by atoms with Crippen molar-refractivity contribution in [3.8, 4) is 6.07 Å². The number of benzene rings is 2. The minimum atomic E-state index is -0.515. The lowest BCUT2D eigenvalue weighted by Gasteiger charge is -2.05. The first kappa shape index (κ1) is 17.2. The Bertz CT molecular complexity index is 752. The number of hydrogen-bond donors (Lipinski definition) is 1. The summed E-state index contributed by atoms with van der Waals surface area (Å²) in [6, 6.07) is 16.0. The zero-order chi connectivity index (χ0) is 17.2. The van der Waals surface area contributed by atoms with Gasteiger partial charge in [-0.2, -0.15) is 5.26 Å². The quantitative estimate of drug-likeness (QED) is 0.878. The normalized spacial score (nSPS) is 10.3. The topological polar surface area (TPSA) is 62.1 Å². The van der Waals surface area contributed by atoms with E-state index in [4.69, 9.17) is 10.00 Å². The highest BCUT2D eigenvalue weighted by atomic mass is 19.1. The molecule has 0 heterocycles. The third-order valence-corrected chi connectivity index (χ3v) is 3.23. The van der Waals surface area contributed by atoms with E-state index < -0.39 is 11.9 Å². The van der Waals surface area contributed by atoms with E-state index in [0.29, 0.717) is 11.1 Å². The van der Waals surface area contributed by atoms with Crippen LogP contribution in [0.1, 0.15) is 16.7 Å². The molecule has 0 radical (unpaired) electrons. The molecule has 0 aliphatic rings. The van der Waals surface area contributed by atoms with E-state index in [0.717, 1.165) is 5.56 Å². The van der Waals surface area contributed by atoms with Crippen molar-refractivity contribution < 1.29 is 13.9 Å². The summed E-state index contributed by atoms with van der Waals surface area (Å²) in [5, 5.41) is 11.2. The Balaban J connectivity index is 1.75. The molecule has 0 atom stereocenters. The smallest absolute Gasteiger partial charge is 0.407 e. The van der Waals surface area contributed by atoms with Gasteiger partial charge in [-0.15, -0.1) is 0 Å². The standard InChI is InChI=1S/C19H17FN2O2/c20-18-13-15(8-9-17(18)10-11-21)7-4-12-22-19(23)24-14-16-5-2-1-3-6-16/h1-9,13H,10,12,14H2,(H,22,23). The second-order valence-electron chi connectivity index (χ2n) is 5.03. The van der Waals surface area contributed by atoms with Crippen LogP contribution in [0.3, 0.4) is 0 Å². The van der Waals surface area contributed by atoms with Gasteiger partial charge < -0.3 is 10.1 Å². The lowest BCUT2D eigenvalue weighted by atomic mass is 10.1. The van der Waals surface area contributed by atoms with Gasteiger partial charge in [0.1, 0.15) is 12.4 Å². The first-order valence-corrected chi connectivity index (χ1v) is 7.45. The van der Waals surface area contributed by atoms with Crippen LogP contribution in [0, 0.1) is 17.1 Å². The number of hydrogen-bond acceptors (Lipinski definition) is 3. The van der Waals surface area contributed by atoms with Crippen LogP contribution in [0.5, 0.6) is 0 Å². The lowest BCUT2D eigenvalue weighted by Crippen LogP contribution is -2.24. The number of carbonyl (C=O) groups excluding carboxylic acids is 1. The SMILES string of the molecule is N#CCc1ccc(C=CCNC(=O)OCc2ccccc2)cc1F. The van der Waals surface area contributed by atoms with Crippen LogP contribution in [0.4, 0.5) is 9.18 Å². The summed E-state index contributed by atoms with van der Waals surface area (Å²) in [5.74, 6) is -0.408. The molecule has 0 aliphatic heterocycles. The molecule has 1 amide bonds. The monoisotopic (exact) mass is 324 g/mol. The van der Waals surface area contributed by atoms with Gasteiger partial charge in [0.15, 0.2) is 0 Å². The van der Waals surface area contributed by atoms with Crippen LogP contribution < -0.4 is 5.32 Å². The van der Waals surface area contributed by atoms with Crippen LogP contribution >= 0.6 is 0 Å². The minimum absolute atomic E-state index is 0.0463. The predicted octanol–water partition coefficient (Wildman–Crippen LogP) is 3.83. The maximum Gasteiger partial charge on any atom is 0.407 e. The summed E-state index contributed by atoms with van der Waals surface area (Å²) >= 11 is 0. The summed E-state index contributed by atoms with van der Waals surface area (Å²) < 4.78 is 18.7. The number of nitrogens with one attached hydrogen (secondary N) is 1. The van der Waals surface area contributed by atoms with Crippen LogP contribution in [0.25, 0.3) is 6.08 Å². The molecule has 122 valence electrons. The highest BCUT2D eigenvalue weighted by molar-refractivity contribution is 5.67. The van der Waals surface area contributed by atoms with E-state index in [1.807, 2.05) is 36.4 Å². The maximum absolute atomic E-state index is 13.7. The molecule has 0 fully saturated rings. The molecule has 0 spiro atoms. The fourth-order valence-electron chi connectivity index (χ4n) is 2.01. The van der Waals surface area contributed by atoms with Gasteiger partial charge in [-0.3, -0.25) is 0 Å². The van der Waals surface area contributed by atoms with E-state index >= 15 is 0 Å². The van der Waals surface area contributed by atoms with Gasteiger partial charge in [0.05, 0.1) is 12.5 Å². The molecule has 2 rings (SSSR count). The lowest BCUT2D eigenvalue weighted by molar-refractivity contribution is 0.141. The van der Waals surface area contributed by atoms with Gasteiger partial charge in [-0.05, 0) is 17.2 Å². The molecule has 0 saturated carbocycles. The number of rotatable bonds is 6. The Labute approximate surface area is 140 Å². The van der Waals surface area contributed by atoms with Crippen molar-refractivity contribution in [2.24, 2.45) is 0 Å². The Hall–Kier alpha value is -3.13. The van der Waals surface area contributed by atoms with Crippen molar-refractivity contribution >= 4 is 12.2 Å².